The minimum absolute atomic E-state index is 0.0362. The summed E-state index contributed by atoms with van der Waals surface area (Å²) in [5, 5.41) is 2.92. The molecule has 0 aromatic carbocycles. The molecule has 90 valence electrons. The molecule has 1 atom stereocenters. The fourth-order valence-electron chi connectivity index (χ4n) is 1.35. The zero-order valence-corrected chi connectivity index (χ0v) is 11.6. The number of carbonyl (C=O) groups excluding carboxylic acids is 1. The van der Waals surface area contributed by atoms with Crippen LogP contribution in [0, 0.1) is 0 Å². The van der Waals surface area contributed by atoms with Crippen molar-refractivity contribution in [3.05, 3.63) is 0 Å². The standard InChI is InChI=1S/C11H23BrN2O/c1-4-10(12)11(15)13-8-7-9-14(5-2)6-3/h10H,4-9H2,1-3H3,(H,13,15)/t10-/m0/s1. The molecule has 0 aliphatic heterocycles. The summed E-state index contributed by atoms with van der Waals surface area (Å²) in [4.78, 5) is 13.7. The number of nitrogens with one attached hydrogen (secondary N) is 1. The van der Waals surface area contributed by atoms with Gasteiger partial charge < -0.3 is 10.2 Å². The van der Waals surface area contributed by atoms with Crippen LogP contribution < -0.4 is 5.32 Å². The summed E-state index contributed by atoms with van der Waals surface area (Å²) >= 11 is 3.33. The first-order chi connectivity index (χ1) is 7.15. The Kier molecular flexibility index (Phi) is 9.10. The van der Waals surface area contributed by atoms with Crippen molar-refractivity contribution in [3.8, 4) is 0 Å². The number of hydrogen-bond donors (Lipinski definition) is 1. The van der Waals surface area contributed by atoms with E-state index in [2.05, 4.69) is 40.0 Å². The van der Waals surface area contributed by atoms with Crippen LogP contribution in [0.5, 0.6) is 0 Å². The molecular weight excluding hydrogens is 256 g/mol. The Morgan fingerprint density at radius 2 is 1.93 bits per heavy atom. The molecule has 1 N–H and O–H groups in total. The highest BCUT2D eigenvalue weighted by molar-refractivity contribution is 9.10. The van der Waals surface area contributed by atoms with Gasteiger partial charge in [0.1, 0.15) is 0 Å². The third kappa shape index (κ3) is 6.90. The van der Waals surface area contributed by atoms with Crippen molar-refractivity contribution in [2.24, 2.45) is 0 Å². The summed E-state index contributed by atoms with van der Waals surface area (Å²) < 4.78 is 0. The Labute approximate surface area is 102 Å². The normalized spacial score (nSPS) is 12.9. The van der Waals surface area contributed by atoms with Gasteiger partial charge in [-0.05, 0) is 32.5 Å². The van der Waals surface area contributed by atoms with E-state index in [0.717, 1.165) is 39.0 Å². The van der Waals surface area contributed by atoms with Crippen LogP contribution in [0.25, 0.3) is 0 Å². The number of halogens is 1. The molecule has 0 heterocycles. The van der Waals surface area contributed by atoms with Crippen molar-refractivity contribution in [2.45, 2.75) is 38.4 Å². The fourth-order valence-corrected chi connectivity index (χ4v) is 1.51. The van der Waals surface area contributed by atoms with E-state index in [1.165, 1.54) is 0 Å². The summed E-state index contributed by atoms with van der Waals surface area (Å²) in [5.74, 6) is 0.108. The number of hydrogen-bond acceptors (Lipinski definition) is 2. The molecule has 0 unspecified atom stereocenters. The lowest BCUT2D eigenvalue weighted by Crippen LogP contribution is -2.33. The quantitative estimate of drug-likeness (QED) is 0.544. The van der Waals surface area contributed by atoms with Gasteiger partial charge in [-0.15, -0.1) is 0 Å². The van der Waals surface area contributed by atoms with Gasteiger partial charge in [0.2, 0.25) is 5.91 Å². The van der Waals surface area contributed by atoms with Crippen LogP contribution in [0.2, 0.25) is 0 Å². The summed E-state index contributed by atoms with van der Waals surface area (Å²) in [5.41, 5.74) is 0. The molecular formula is C11H23BrN2O. The minimum atomic E-state index is -0.0362. The lowest BCUT2D eigenvalue weighted by Gasteiger charge is -2.18. The molecule has 0 fully saturated rings. The monoisotopic (exact) mass is 278 g/mol. The molecule has 0 aliphatic carbocycles. The molecule has 0 aliphatic rings. The summed E-state index contributed by atoms with van der Waals surface area (Å²) in [6, 6.07) is 0. The van der Waals surface area contributed by atoms with Crippen molar-refractivity contribution in [2.75, 3.05) is 26.2 Å². The van der Waals surface area contributed by atoms with Crippen molar-refractivity contribution in [3.63, 3.8) is 0 Å². The summed E-state index contributed by atoms with van der Waals surface area (Å²) in [6.45, 7) is 10.3. The second kappa shape index (κ2) is 9.16. The smallest absolute Gasteiger partial charge is 0.233 e. The van der Waals surface area contributed by atoms with E-state index >= 15 is 0 Å². The van der Waals surface area contributed by atoms with E-state index < -0.39 is 0 Å². The minimum Gasteiger partial charge on any atom is -0.355 e. The Hall–Kier alpha value is -0.0900. The maximum atomic E-state index is 11.4. The molecule has 0 aromatic rings. The molecule has 0 radical (unpaired) electrons. The Morgan fingerprint density at radius 3 is 2.40 bits per heavy atom. The van der Waals surface area contributed by atoms with Crippen molar-refractivity contribution in [1.82, 2.24) is 10.2 Å². The molecule has 1 amide bonds. The van der Waals surface area contributed by atoms with Gasteiger partial charge >= 0.3 is 0 Å². The summed E-state index contributed by atoms with van der Waals surface area (Å²) in [6.07, 6.45) is 1.86. The van der Waals surface area contributed by atoms with Gasteiger partial charge in [-0.2, -0.15) is 0 Å². The Balaban J connectivity index is 3.49. The lowest BCUT2D eigenvalue weighted by molar-refractivity contribution is -0.120. The van der Waals surface area contributed by atoms with Gasteiger partial charge in [0.05, 0.1) is 4.83 Å². The molecule has 15 heavy (non-hydrogen) atoms. The topological polar surface area (TPSA) is 32.3 Å². The van der Waals surface area contributed by atoms with Crippen molar-refractivity contribution < 1.29 is 4.79 Å². The average Bonchev–Trinajstić information content (AvgIpc) is 2.27. The number of amides is 1. The van der Waals surface area contributed by atoms with Crippen LogP contribution in [-0.4, -0.2) is 41.8 Å². The average molecular weight is 279 g/mol. The third-order valence-electron chi connectivity index (χ3n) is 2.49. The second-order valence-corrected chi connectivity index (χ2v) is 4.65. The number of alkyl halides is 1. The fraction of sp³-hybridized carbons (Fsp3) is 0.909. The number of nitrogens with zero attached hydrogens (tertiary/aromatic N) is 1. The number of rotatable bonds is 8. The zero-order chi connectivity index (χ0) is 11.7. The van der Waals surface area contributed by atoms with Crippen LogP contribution in [0.1, 0.15) is 33.6 Å². The van der Waals surface area contributed by atoms with Gasteiger partial charge in [-0.3, -0.25) is 4.79 Å². The van der Waals surface area contributed by atoms with Gasteiger partial charge in [0, 0.05) is 6.54 Å². The highest BCUT2D eigenvalue weighted by Crippen LogP contribution is 2.03. The second-order valence-electron chi connectivity index (χ2n) is 3.55. The van der Waals surface area contributed by atoms with E-state index in [4.69, 9.17) is 0 Å². The highest BCUT2D eigenvalue weighted by Gasteiger charge is 2.10. The molecule has 0 bridgehead atoms. The van der Waals surface area contributed by atoms with E-state index in [-0.39, 0.29) is 10.7 Å². The van der Waals surface area contributed by atoms with E-state index in [1.54, 1.807) is 0 Å². The lowest BCUT2D eigenvalue weighted by atomic mass is 10.3. The third-order valence-corrected chi connectivity index (χ3v) is 3.55. The zero-order valence-electron chi connectivity index (χ0n) is 10.1. The molecule has 0 spiro atoms. The van der Waals surface area contributed by atoms with Crippen molar-refractivity contribution in [1.29, 1.82) is 0 Å². The molecule has 0 saturated carbocycles. The maximum Gasteiger partial charge on any atom is 0.233 e. The largest absolute Gasteiger partial charge is 0.355 e. The van der Waals surface area contributed by atoms with Crippen LogP contribution in [0.15, 0.2) is 0 Å². The van der Waals surface area contributed by atoms with Crippen molar-refractivity contribution >= 4 is 21.8 Å². The molecule has 4 heteroatoms. The van der Waals surface area contributed by atoms with E-state index in [9.17, 15) is 4.79 Å². The molecule has 0 saturated heterocycles. The first-order valence-corrected chi connectivity index (χ1v) is 6.71. The predicted molar refractivity (Wildman–Crippen MR) is 68.4 cm³/mol. The summed E-state index contributed by atoms with van der Waals surface area (Å²) in [7, 11) is 0. The van der Waals surface area contributed by atoms with Gasteiger partial charge in [0.25, 0.3) is 0 Å². The van der Waals surface area contributed by atoms with Crippen LogP contribution in [0.4, 0.5) is 0 Å². The van der Waals surface area contributed by atoms with Crippen LogP contribution in [0.3, 0.4) is 0 Å². The van der Waals surface area contributed by atoms with Crippen LogP contribution >= 0.6 is 15.9 Å². The van der Waals surface area contributed by atoms with Gasteiger partial charge in [-0.25, -0.2) is 0 Å². The van der Waals surface area contributed by atoms with Gasteiger partial charge in [0.15, 0.2) is 0 Å². The maximum absolute atomic E-state index is 11.4. The Bertz CT molecular complexity index is 172. The van der Waals surface area contributed by atoms with Gasteiger partial charge in [-0.1, -0.05) is 36.7 Å². The number of carbonyl (C=O) groups is 1. The first-order valence-electron chi connectivity index (χ1n) is 5.79. The molecule has 0 aromatic heterocycles. The SMILES string of the molecule is CC[C@H](Br)C(=O)NCCCN(CC)CC. The van der Waals surface area contributed by atoms with E-state index in [0.29, 0.717) is 0 Å². The highest BCUT2D eigenvalue weighted by atomic mass is 79.9. The van der Waals surface area contributed by atoms with E-state index in [1.807, 2.05) is 6.92 Å². The molecule has 0 rings (SSSR count). The first kappa shape index (κ1) is 14.9. The molecule has 3 nitrogen and oxygen atoms in total. The Morgan fingerprint density at radius 1 is 1.33 bits per heavy atom. The predicted octanol–water partition coefficient (Wildman–Crippen LogP) is 2.01. The van der Waals surface area contributed by atoms with Crippen LogP contribution in [-0.2, 0) is 4.79 Å².